The van der Waals surface area contributed by atoms with Crippen molar-refractivity contribution in [3.05, 3.63) is 71.5 Å². The first-order chi connectivity index (χ1) is 27.6. The average Bonchev–Trinajstić information content (AvgIpc) is 4.00. The van der Waals surface area contributed by atoms with E-state index in [0.29, 0.717) is 49.7 Å². The van der Waals surface area contributed by atoms with Crippen molar-refractivity contribution in [3.63, 3.8) is 0 Å². The molecule has 0 bridgehead atoms. The Morgan fingerprint density at radius 1 is 1.02 bits per heavy atom. The van der Waals surface area contributed by atoms with Gasteiger partial charge in [0.15, 0.2) is 10.8 Å². The summed E-state index contributed by atoms with van der Waals surface area (Å²) in [5.74, 6) is -0.351. The number of nitriles is 1. The lowest BCUT2D eigenvalue weighted by atomic mass is 10.0. The third-order valence-electron chi connectivity index (χ3n) is 10.7. The highest BCUT2D eigenvalue weighted by molar-refractivity contribution is 7.81. The van der Waals surface area contributed by atoms with Crippen LogP contribution in [0, 0.1) is 11.3 Å². The van der Waals surface area contributed by atoms with E-state index in [1.54, 1.807) is 49.1 Å². The number of imide groups is 1. The van der Waals surface area contributed by atoms with Crippen LogP contribution in [0.25, 0.3) is 0 Å². The van der Waals surface area contributed by atoms with E-state index in [-0.39, 0.29) is 47.4 Å². The van der Waals surface area contributed by atoms with Crippen molar-refractivity contribution < 1.29 is 37.1 Å². The molecule has 4 amide bonds. The van der Waals surface area contributed by atoms with Gasteiger partial charge < -0.3 is 20.3 Å². The molecule has 3 saturated heterocycles. The second kappa shape index (κ2) is 16.3. The predicted octanol–water partition coefficient (Wildman–Crippen LogP) is 4.62. The molecule has 7 rings (SSSR count). The van der Waals surface area contributed by atoms with Gasteiger partial charge >= 0.3 is 6.18 Å². The van der Waals surface area contributed by atoms with E-state index in [9.17, 15) is 37.6 Å². The van der Waals surface area contributed by atoms with Crippen molar-refractivity contribution in [2.75, 3.05) is 66.3 Å². The quantitative estimate of drug-likeness (QED) is 0.172. The zero-order valence-electron chi connectivity index (χ0n) is 31.9. The number of anilines is 4. The van der Waals surface area contributed by atoms with Gasteiger partial charge in [0.25, 0.3) is 5.91 Å². The molecule has 4 heterocycles. The zero-order valence-corrected chi connectivity index (χ0v) is 32.7. The maximum atomic E-state index is 13.8. The summed E-state index contributed by atoms with van der Waals surface area (Å²) in [6, 6.07) is 14.4. The van der Waals surface area contributed by atoms with Crippen LogP contribution in [0.5, 0.6) is 5.75 Å². The number of hydrogen-bond donors (Lipinski definition) is 3. The lowest BCUT2D eigenvalue weighted by Gasteiger charge is -2.34. The van der Waals surface area contributed by atoms with Crippen LogP contribution in [0.1, 0.15) is 62.3 Å². The number of nitrogens with zero attached hydrogens (tertiary/aromatic N) is 6. The number of alkyl halides is 3. The first kappa shape index (κ1) is 40.6. The monoisotopic (exact) mass is 817 g/mol. The molecular formula is C40H42F3N9O5S. The molecule has 1 saturated carbocycles. The molecule has 18 heteroatoms. The summed E-state index contributed by atoms with van der Waals surface area (Å²) < 4.78 is 47.6. The number of carbonyl (C=O) groups excluding carboxylic acids is 4. The van der Waals surface area contributed by atoms with Gasteiger partial charge in [0.1, 0.15) is 30.0 Å². The topological polar surface area (TPSA) is 163 Å². The summed E-state index contributed by atoms with van der Waals surface area (Å²) in [4.78, 5) is 60.9. The number of carbonyl (C=O) groups is 4. The molecule has 4 fully saturated rings. The Morgan fingerprint density at radius 2 is 1.74 bits per heavy atom. The standard InChI is InChI=1S/C40H42F3N9O5S/c1-39(2)37(56)51(28-20-30(40(41,42)43)32(21-44)45-22-28)38(58)52(39)27-8-10-33(29(19-27)24-6-7-24)57-17-16-49-12-14-50(15-13-49)23-35(54)47-26-5-3-4-25(18-26)46-31-9-11-34(53)48-36(31)55/h3-5,8,10,18-20,22,24,31,46H,6-7,9,11-17,23H2,1-2H3,(H,47,54)(H,48,53,55). The first-order valence-electron chi connectivity index (χ1n) is 19.0. The molecule has 0 spiro atoms. The Labute approximate surface area is 338 Å². The van der Waals surface area contributed by atoms with Crippen molar-refractivity contribution >= 4 is 63.7 Å². The van der Waals surface area contributed by atoms with Crippen LogP contribution in [0.2, 0.25) is 0 Å². The molecule has 304 valence electrons. The Bertz CT molecular complexity index is 2180. The Balaban J connectivity index is 0.914. The Morgan fingerprint density at radius 3 is 2.43 bits per heavy atom. The number of nitrogens with one attached hydrogen (secondary N) is 3. The summed E-state index contributed by atoms with van der Waals surface area (Å²) in [5, 5.41) is 17.6. The number of piperidine rings is 1. The Kier molecular flexibility index (Phi) is 11.4. The maximum absolute atomic E-state index is 13.8. The van der Waals surface area contributed by atoms with Gasteiger partial charge in [-0.05, 0) is 99.3 Å². The normalized spacial score (nSPS) is 20.2. The molecule has 3 N–H and O–H groups in total. The van der Waals surface area contributed by atoms with Crippen molar-refractivity contribution in [3.8, 4) is 11.8 Å². The van der Waals surface area contributed by atoms with Gasteiger partial charge in [-0.15, -0.1) is 0 Å². The molecule has 1 aromatic heterocycles. The summed E-state index contributed by atoms with van der Waals surface area (Å²) in [7, 11) is 0. The number of aromatic nitrogens is 1. The average molecular weight is 818 g/mol. The van der Waals surface area contributed by atoms with Crippen molar-refractivity contribution in [1.82, 2.24) is 20.1 Å². The van der Waals surface area contributed by atoms with Gasteiger partial charge in [0.2, 0.25) is 17.7 Å². The van der Waals surface area contributed by atoms with Gasteiger partial charge in [0.05, 0.1) is 24.0 Å². The fourth-order valence-electron chi connectivity index (χ4n) is 7.44. The smallest absolute Gasteiger partial charge is 0.419 e. The van der Waals surface area contributed by atoms with Crippen LogP contribution in [0.15, 0.2) is 54.7 Å². The molecule has 1 atom stereocenters. The second-order valence-electron chi connectivity index (χ2n) is 15.3. The van der Waals surface area contributed by atoms with E-state index in [1.807, 2.05) is 12.1 Å². The molecule has 2 aromatic carbocycles. The highest BCUT2D eigenvalue weighted by Gasteiger charge is 2.51. The third-order valence-corrected chi connectivity index (χ3v) is 11.1. The largest absolute Gasteiger partial charge is 0.492 e. The van der Waals surface area contributed by atoms with Gasteiger partial charge in [-0.1, -0.05) is 6.07 Å². The predicted molar refractivity (Wildman–Crippen MR) is 212 cm³/mol. The van der Waals surface area contributed by atoms with Crippen molar-refractivity contribution in [2.24, 2.45) is 0 Å². The fourth-order valence-corrected chi connectivity index (χ4v) is 7.96. The minimum Gasteiger partial charge on any atom is -0.492 e. The van der Waals surface area contributed by atoms with Crippen LogP contribution in [0.4, 0.5) is 35.9 Å². The minimum absolute atomic E-state index is 0.00444. The number of benzene rings is 2. The van der Waals surface area contributed by atoms with Crippen LogP contribution in [-0.2, 0) is 25.4 Å². The highest BCUT2D eigenvalue weighted by atomic mass is 32.1. The second-order valence-corrected chi connectivity index (χ2v) is 15.6. The van der Waals surface area contributed by atoms with E-state index in [0.717, 1.165) is 54.4 Å². The number of thiocarbonyl (C=S) groups is 1. The van der Waals surface area contributed by atoms with Crippen LogP contribution in [-0.4, -0.2) is 101 Å². The van der Waals surface area contributed by atoms with Gasteiger partial charge in [-0.3, -0.25) is 39.2 Å². The van der Waals surface area contributed by atoms with Gasteiger partial charge in [-0.25, -0.2) is 4.98 Å². The van der Waals surface area contributed by atoms with Gasteiger partial charge in [0, 0.05) is 56.2 Å². The van der Waals surface area contributed by atoms with Crippen LogP contribution >= 0.6 is 12.2 Å². The number of rotatable bonds is 12. The third kappa shape index (κ3) is 8.76. The van der Waals surface area contributed by atoms with Crippen molar-refractivity contribution in [2.45, 2.75) is 63.2 Å². The summed E-state index contributed by atoms with van der Waals surface area (Å²) in [5.41, 5.74) is -0.612. The lowest BCUT2D eigenvalue weighted by molar-refractivity contribution is -0.138. The number of piperazine rings is 1. The molecule has 58 heavy (non-hydrogen) atoms. The summed E-state index contributed by atoms with van der Waals surface area (Å²) in [6.45, 7) is 7.53. The molecule has 4 aliphatic rings. The number of amides is 4. The molecular weight excluding hydrogens is 776 g/mol. The number of hydrogen-bond acceptors (Lipinski definition) is 11. The molecule has 3 aliphatic heterocycles. The minimum atomic E-state index is -4.85. The van der Waals surface area contributed by atoms with Crippen LogP contribution < -0.4 is 30.5 Å². The number of ether oxygens (including phenoxy) is 1. The van der Waals surface area contributed by atoms with E-state index < -0.39 is 34.9 Å². The SMILES string of the molecule is CC1(C)C(=O)N(c2cnc(C#N)c(C(F)(F)F)c2)C(=S)N1c1ccc(OCCN2CCN(CC(=O)Nc3cccc(NC4CCC(=O)NC4=O)c3)CC2)c(C2CC2)c1. The van der Waals surface area contributed by atoms with Crippen molar-refractivity contribution in [1.29, 1.82) is 5.26 Å². The van der Waals surface area contributed by atoms with E-state index in [4.69, 9.17) is 17.0 Å². The van der Waals surface area contributed by atoms with E-state index in [2.05, 4.69) is 30.7 Å². The highest BCUT2D eigenvalue weighted by Crippen LogP contribution is 2.47. The molecule has 14 nitrogen and oxygen atoms in total. The number of pyridine rings is 1. The summed E-state index contributed by atoms with van der Waals surface area (Å²) >= 11 is 5.72. The van der Waals surface area contributed by atoms with E-state index >= 15 is 0 Å². The first-order valence-corrected chi connectivity index (χ1v) is 19.4. The lowest BCUT2D eigenvalue weighted by Crippen LogP contribution is -2.49. The molecule has 1 unspecified atom stereocenters. The Hall–Kier alpha value is -5.64. The molecule has 0 radical (unpaired) electrons. The summed E-state index contributed by atoms with van der Waals surface area (Å²) in [6.07, 6.45) is -1.20. The zero-order chi connectivity index (χ0) is 41.4. The van der Waals surface area contributed by atoms with Crippen LogP contribution in [0.3, 0.4) is 0 Å². The number of halogens is 3. The molecule has 1 aliphatic carbocycles. The molecule has 3 aromatic rings. The van der Waals surface area contributed by atoms with Gasteiger partial charge in [-0.2, -0.15) is 18.4 Å². The fraction of sp³-hybridized carbons (Fsp3) is 0.425. The van der Waals surface area contributed by atoms with E-state index in [1.165, 1.54) is 6.07 Å². The maximum Gasteiger partial charge on any atom is 0.419 e.